The lowest BCUT2D eigenvalue weighted by Crippen LogP contribution is -2.18. The van der Waals surface area contributed by atoms with E-state index in [4.69, 9.17) is 4.74 Å². The molecule has 2 aromatic rings. The van der Waals surface area contributed by atoms with Crippen molar-refractivity contribution >= 4 is 47.8 Å². The van der Waals surface area contributed by atoms with E-state index in [1.165, 1.54) is 13.2 Å². The first-order valence-corrected chi connectivity index (χ1v) is 8.50. The SMILES string of the molecule is CNC(c1cc(Br)cc(Br)c1)c1cc(Br)c(F)cc1OC. The second-order valence-electron chi connectivity index (χ2n) is 4.43. The zero-order valence-electron chi connectivity index (χ0n) is 11.4. The summed E-state index contributed by atoms with van der Waals surface area (Å²) in [7, 11) is 3.39. The van der Waals surface area contributed by atoms with Crippen molar-refractivity contribution in [1.29, 1.82) is 0 Å². The van der Waals surface area contributed by atoms with Gasteiger partial charge in [-0.3, -0.25) is 0 Å². The highest BCUT2D eigenvalue weighted by atomic mass is 79.9. The third-order valence-electron chi connectivity index (χ3n) is 3.09. The summed E-state index contributed by atoms with van der Waals surface area (Å²) in [4.78, 5) is 0. The second-order valence-corrected chi connectivity index (χ2v) is 7.12. The molecule has 0 spiro atoms. The minimum Gasteiger partial charge on any atom is -0.496 e. The molecule has 1 unspecified atom stereocenters. The Labute approximate surface area is 148 Å². The van der Waals surface area contributed by atoms with Crippen molar-refractivity contribution in [2.24, 2.45) is 0 Å². The van der Waals surface area contributed by atoms with Crippen LogP contribution in [0.15, 0.2) is 43.7 Å². The maximum Gasteiger partial charge on any atom is 0.141 e. The molecule has 0 aliphatic heterocycles. The molecule has 1 atom stereocenters. The van der Waals surface area contributed by atoms with Crippen LogP contribution < -0.4 is 10.1 Å². The van der Waals surface area contributed by atoms with Gasteiger partial charge in [0.25, 0.3) is 0 Å². The van der Waals surface area contributed by atoms with Crippen molar-refractivity contribution in [2.45, 2.75) is 6.04 Å². The van der Waals surface area contributed by atoms with Crippen molar-refractivity contribution < 1.29 is 9.13 Å². The molecule has 2 nitrogen and oxygen atoms in total. The van der Waals surface area contributed by atoms with Gasteiger partial charge >= 0.3 is 0 Å². The van der Waals surface area contributed by atoms with E-state index in [-0.39, 0.29) is 11.9 Å². The highest BCUT2D eigenvalue weighted by Crippen LogP contribution is 2.35. The molecule has 0 heterocycles. The number of methoxy groups -OCH3 is 1. The molecular weight excluding hydrogens is 469 g/mol. The van der Waals surface area contributed by atoms with E-state index in [1.54, 1.807) is 6.07 Å². The summed E-state index contributed by atoms with van der Waals surface area (Å²) in [5.74, 6) is 0.159. The van der Waals surface area contributed by atoms with Gasteiger partial charge in [-0.2, -0.15) is 0 Å². The molecular formula is C15H13Br3FNO. The first-order chi connectivity index (χ1) is 9.96. The maximum absolute atomic E-state index is 13.7. The molecule has 0 saturated heterocycles. The summed E-state index contributed by atoms with van der Waals surface area (Å²) in [5, 5.41) is 3.25. The molecule has 0 amide bonds. The van der Waals surface area contributed by atoms with Gasteiger partial charge in [-0.15, -0.1) is 0 Å². The van der Waals surface area contributed by atoms with E-state index in [1.807, 2.05) is 25.2 Å². The third kappa shape index (κ3) is 3.86. The van der Waals surface area contributed by atoms with Crippen molar-refractivity contribution in [1.82, 2.24) is 5.32 Å². The fraction of sp³-hybridized carbons (Fsp3) is 0.200. The zero-order chi connectivity index (χ0) is 15.6. The van der Waals surface area contributed by atoms with Crippen LogP contribution in [0.25, 0.3) is 0 Å². The standard InChI is InChI=1S/C15H13Br3FNO/c1-20-15(8-3-9(16)5-10(17)4-8)11-6-12(18)13(19)7-14(11)21-2/h3-7,15,20H,1-2H3. The maximum atomic E-state index is 13.7. The third-order valence-corrected chi connectivity index (χ3v) is 4.61. The number of halogens is 4. The molecule has 0 aliphatic rings. The number of ether oxygens (including phenoxy) is 1. The van der Waals surface area contributed by atoms with Crippen LogP contribution in [-0.2, 0) is 0 Å². The molecule has 0 aromatic heterocycles. The molecule has 2 aromatic carbocycles. The largest absolute Gasteiger partial charge is 0.496 e. The van der Waals surface area contributed by atoms with Crippen molar-refractivity contribution in [3.05, 3.63) is 60.7 Å². The zero-order valence-corrected chi connectivity index (χ0v) is 16.1. The van der Waals surface area contributed by atoms with Crippen LogP contribution >= 0.6 is 47.8 Å². The van der Waals surface area contributed by atoms with Crippen molar-refractivity contribution in [3.63, 3.8) is 0 Å². The number of benzene rings is 2. The predicted octanol–water partition coefficient (Wildman–Crippen LogP) is 5.43. The van der Waals surface area contributed by atoms with Crippen LogP contribution in [0.4, 0.5) is 4.39 Å². The van der Waals surface area contributed by atoms with E-state index in [9.17, 15) is 4.39 Å². The number of rotatable bonds is 4. The molecule has 6 heteroatoms. The van der Waals surface area contributed by atoms with Gasteiger partial charge in [-0.05, 0) is 52.8 Å². The second kappa shape index (κ2) is 7.22. The lowest BCUT2D eigenvalue weighted by molar-refractivity contribution is 0.401. The Morgan fingerprint density at radius 1 is 1.05 bits per heavy atom. The molecule has 0 radical (unpaired) electrons. The Bertz CT molecular complexity index is 643. The highest BCUT2D eigenvalue weighted by Gasteiger charge is 2.19. The predicted molar refractivity (Wildman–Crippen MR) is 93.4 cm³/mol. The van der Waals surface area contributed by atoms with Crippen LogP contribution in [0, 0.1) is 5.82 Å². The van der Waals surface area contributed by atoms with E-state index in [0.717, 1.165) is 20.1 Å². The average Bonchev–Trinajstić information content (AvgIpc) is 2.42. The van der Waals surface area contributed by atoms with Gasteiger partial charge in [0.1, 0.15) is 11.6 Å². The molecule has 0 aliphatic carbocycles. The quantitative estimate of drug-likeness (QED) is 0.628. The van der Waals surface area contributed by atoms with Gasteiger partial charge in [0.15, 0.2) is 0 Å². The van der Waals surface area contributed by atoms with E-state index >= 15 is 0 Å². The topological polar surface area (TPSA) is 21.3 Å². The first-order valence-electron chi connectivity index (χ1n) is 6.12. The molecule has 1 N–H and O–H groups in total. The van der Waals surface area contributed by atoms with Crippen LogP contribution in [0.2, 0.25) is 0 Å². The van der Waals surface area contributed by atoms with Gasteiger partial charge in [0, 0.05) is 20.6 Å². The minimum atomic E-state index is -0.346. The fourth-order valence-corrected chi connectivity index (χ4v) is 3.88. The molecule has 21 heavy (non-hydrogen) atoms. The Hall–Kier alpha value is -0.430. The number of nitrogens with one attached hydrogen (secondary N) is 1. The molecule has 0 fully saturated rings. The fourth-order valence-electron chi connectivity index (χ4n) is 2.19. The smallest absolute Gasteiger partial charge is 0.141 e. The van der Waals surface area contributed by atoms with Crippen molar-refractivity contribution in [2.75, 3.05) is 14.2 Å². The average molecular weight is 482 g/mol. The summed E-state index contributed by atoms with van der Waals surface area (Å²) < 4.78 is 21.3. The van der Waals surface area contributed by atoms with Gasteiger partial charge in [-0.1, -0.05) is 31.9 Å². The Kier molecular flexibility index (Phi) is 5.82. The van der Waals surface area contributed by atoms with Crippen LogP contribution in [0.3, 0.4) is 0 Å². The summed E-state index contributed by atoms with van der Waals surface area (Å²) in [6.45, 7) is 0. The van der Waals surface area contributed by atoms with Crippen molar-refractivity contribution in [3.8, 4) is 5.75 Å². The number of hydrogen-bond acceptors (Lipinski definition) is 2. The molecule has 2 rings (SSSR count). The van der Waals surface area contributed by atoms with Gasteiger partial charge in [0.05, 0.1) is 17.6 Å². The first kappa shape index (κ1) is 16.9. The minimum absolute atomic E-state index is 0.120. The summed E-state index contributed by atoms with van der Waals surface area (Å²) in [6, 6.07) is 9.01. The summed E-state index contributed by atoms with van der Waals surface area (Å²) in [5.41, 5.74) is 1.90. The van der Waals surface area contributed by atoms with E-state index in [0.29, 0.717) is 10.2 Å². The van der Waals surface area contributed by atoms with Gasteiger partial charge < -0.3 is 10.1 Å². The van der Waals surface area contributed by atoms with Gasteiger partial charge in [0.2, 0.25) is 0 Å². The summed E-state index contributed by atoms with van der Waals surface area (Å²) >= 11 is 10.2. The molecule has 0 saturated carbocycles. The van der Waals surface area contributed by atoms with Crippen LogP contribution in [-0.4, -0.2) is 14.2 Å². The Morgan fingerprint density at radius 3 is 2.19 bits per heavy atom. The molecule has 0 bridgehead atoms. The van der Waals surface area contributed by atoms with E-state index in [2.05, 4.69) is 53.1 Å². The Balaban J connectivity index is 2.58. The lowest BCUT2D eigenvalue weighted by atomic mass is 9.98. The Morgan fingerprint density at radius 2 is 1.67 bits per heavy atom. The van der Waals surface area contributed by atoms with E-state index < -0.39 is 0 Å². The summed E-state index contributed by atoms with van der Waals surface area (Å²) in [6.07, 6.45) is 0. The molecule has 112 valence electrons. The lowest BCUT2D eigenvalue weighted by Gasteiger charge is -2.21. The van der Waals surface area contributed by atoms with Gasteiger partial charge in [-0.25, -0.2) is 4.39 Å². The monoisotopic (exact) mass is 479 g/mol. The van der Waals surface area contributed by atoms with Crippen LogP contribution in [0.1, 0.15) is 17.2 Å². The van der Waals surface area contributed by atoms with Crippen LogP contribution in [0.5, 0.6) is 5.75 Å². The highest BCUT2D eigenvalue weighted by molar-refractivity contribution is 9.11. The number of hydrogen-bond donors (Lipinski definition) is 1. The normalized spacial score (nSPS) is 12.3.